The van der Waals surface area contributed by atoms with E-state index in [0.717, 1.165) is 75.5 Å². The minimum absolute atomic E-state index is 0.0645. The van der Waals surface area contributed by atoms with Crippen LogP contribution in [-0.2, 0) is 28.6 Å². The summed E-state index contributed by atoms with van der Waals surface area (Å²) in [6.07, 6.45) is 46.6. The van der Waals surface area contributed by atoms with Crippen molar-refractivity contribution < 1.29 is 28.6 Å². The Hall–Kier alpha value is -1.59. The third-order valence-electron chi connectivity index (χ3n) is 12.8. The summed E-state index contributed by atoms with van der Waals surface area (Å²) < 4.78 is 16.8. The molecule has 362 valence electrons. The first-order valence-electron chi connectivity index (χ1n) is 27.1. The molecule has 0 heterocycles. The molecule has 0 aromatic carbocycles. The summed E-state index contributed by atoms with van der Waals surface area (Å²) >= 11 is 0. The maximum absolute atomic E-state index is 12.8. The topological polar surface area (TPSA) is 78.9 Å². The molecule has 0 rings (SSSR count). The molecule has 0 N–H and O–H groups in total. The Morgan fingerprint density at radius 1 is 0.328 bits per heavy atom. The van der Waals surface area contributed by atoms with E-state index in [2.05, 4.69) is 41.5 Å². The molecule has 6 nitrogen and oxygen atoms in total. The summed E-state index contributed by atoms with van der Waals surface area (Å²) in [6.45, 7) is 13.7. The molecule has 0 saturated heterocycles. The molecule has 0 spiro atoms. The van der Waals surface area contributed by atoms with Gasteiger partial charge in [-0.1, -0.05) is 260 Å². The molecule has 0 bridgehead atoms. The first kappa shape index (κ1) is 59.4. The molecule has 0 fully saturated rings. The summed E-state index contributed by atoms with van der Waals surface area (Å²) in [7, 11) is 0. The molecule has 1 unspecified atom stereocenters. The van der Waals surface area contributed by atoms with Crippen molar-refractivity contribution >= 4 is 17.9 Å². The van der Waals surface area contributed by atoms with Gasteiger partial charge in [0, 0.05) is 19.3 Å². The van der Waals surface area contributed by atoms with E-state index < -0.39 is 6.10 Å². The van der Waals surface area contributed by atoms with Crippen LogP contribution in [0.4, 0.5) is 0 Å². The first-order valence-corrected chi connectivity index (χ1v) is 27.1. The number of rotatable bonds is 48. The van der Waals surface area contributed by atoms with Crippen molar-refractivity contribution in [3.63, 3.8) is 0 Å². The van der Waals surface area contributed by atoms with E-state index in [9.17, 15) is 14.4 Å². The van der Waals surface area contributed by atoms with E-state index in [1.54, 1.807) is 0 Å². The minimum atomic E-state index is -0.763. The van der Waals surface area contributed by atoms with Crippen molar-refractivity contribution in [1.82, 2.24) is 0 Å². The van der Waals surface area contributed by atoms with Gasteiger partial charge < -0.3 is 14.2 Å². The summed E-state index contributed by atoms with van der Waals surface area (Å²) in [5.74, 6) is 1.67. The standard InChI is InChI=1S/C55H106O6/c1-7-51(6)43-37-31-25-19-12-10-8-9-11-13-20-26-32-38-44-53(56)59-47-52(61-55(58)46-40-34-28-22-16-18-24-30-36-42-50(4)5)48-60-54(57)45-39-33-27-21-15-14-17-23-29-35-41-49(2)3/h49-52H,7-48H2,1-6H3/t51?,52-/m1/s1. The smallest absolute Gasteiger partial charge is 0.306 e. The van der Waals surface area contributed by atoms with Gasteiger partial charge in [0.25, 0.3) is 0 Å². The van der Waals surface area contributed by atoms with Gasteiger partial charge >= 0.3 is 17.9 Å². The molecule has 0 aliphatic rings. The summed E-state index contributed by atoms with van der Waals surface area (Å²) in [4.78, 5) is 38.0. The van der Waals surface area contributed by atoms with E-state index in [1.165, 1.54) is 180 Å². The van der Waals surface area contributed by atoms with Gasteiger partial charge in [-0.3, -0.25) is 14.4 Å². The van der Waals surface area contributed by atoms with Gasteiger partial charge in [0.05, 0.1) is 0 Å². The highest BCUT2D eigenvalue weighted by Gasteiger charge is 2.19. The lowest BCUT2D eigenvalue weighted by atomic mass is 9.99. The van der Waals surface area contributed by atoms with Crippen LogP contribution in [0.5, 0.6) is 0 Å². The van der Waals surface area contributed by atoms with E-state index in [-0.39, 0.29) is 31.1 Å². The monoisotopic (exact) mass is 863 g/mol. The van der Waals surface area contributed by atoms with Gasteiger partial charge in [0.2, 0.25) is 0 Å². The summed E-state index contributed by atoms with van der Waals surface area (Å²) in [5, 5.41) is 0. The lowest BCUT2D eigenvalue weighted by molar-refractivity contribution is -0.167. The SMILES string of the molecule is CCC(C)CCCCCCCCCCCCCCCCC(=O)OC[C@H](COC(=O)CCCCCCCCCCCCC(C)C)OC(=O)CCCCCCCCCCCC(C)C. The predicted octanol–water partition coefficient (Wildman–Crippen LogP) is 17.6. The maximum Gasteiger partial charge on any atom is 0.306 e. The van der Waals surface area contributed by atoms with Crippen LogP contribution < -0.4 is 0 Å². The molecule has 0 amide bonds. The molecule has 0 radical (unpaired) electrons. The average Bonchev–Trinajstić information content (AvgIpc) is 3.23. The fourth-order valence-corrected chi connectivity index (χ4v) is 8.26. The molecular weight excluding hydrogens is 757 g/mol. The second-order valence-corrected chi connectivity index (χ2v) is 20.1. The molecular formula is C55H106O6. The maximum atomic E-state index is 12.8. The largest absolute Gasteiger partial charge is 0.462 e. The molecule has 0 aliphatic heterocycles. The average molecular weight is 863 g/mol. The number of hydrogen-bond donors (Lipinski definition) is 0. The van der Waals surface area contributed by atoms with Crippen LogP contribution in [0, 0.1) is 17.8 Å². The van der Waals surface area contributed by atoms with Crippen molar-refractivity contribution in [2.75, 3.05) is 13.2 Å². The molecule has 0 aromatic rings. The van der Waals surface area contributed by atoms with Gasteiger partial charge in [0.1, 0.15) is 13.2 Å². The second-order valence-electron chi connectivity index (χ2n) is 20.1. The van der Waals surface area contributed by atoms with E-state index >= 15 is 0 Å². The number of ether oxygens (including phenoxy) is 3. The quantitative estimate of drug-likeness (QED) is 0.0344. The Labute approximate surface area is 380 Å². The first-order chi connectivity index (χ1) is 29.6. The Balaban J connectivity index is 4.28. The number of esters is 3. The van der Waals surface area contributed by atoms with Crippen molar-refractivity contribution in [2.24, 2.45) is 17.8 Å². The van der Waals surface area contributed by atoms with Crippen molar-refractivity contribution in [2.45, 2.75) is 304 Å². The van der Waals surface area contributed by atoms with Crippen LogP contribution in [0.1, 0.15) is 298 Å². The second kappa shape index (κ2) is 46.4. The Kier molecular flexibility index (Phi) is 45.2. The zero-order valence-electron chi connectivity index (χ0n) is 42.0. The van der Waals surface area contributed by atoms with Crippen LogP contribution >= 0.6 is 0 Å². The molecule has 0 saturated carbocycles. The van der Waals surface area contributed by atoms with Gasteiger partial charge in [-0.05, 0) is 37.0 Å². The lowest BCUT2D eigenvalue weighted by Crippen LogP contribution is -2.30. The van der Waals surface area contributed by atoms with E-state index in [0.29, 0.717) is 19.3 Å². The Morgan fingerprint density at radius 2 is 0.574 bits per heavy atom. The van der Waals surface area contributed by atoms with E-state index in [4.69, 9.17) is 14.2 Å². The van der Waals surface area contributed by atoms with Gasteiger partial charge in [-0.2, -0.15) is 0 Å². The zero-order chi connectivity index (χ0) is 44.9. The Bertz CT molecular complexity index is 947. The van der Waals surface area contributed by atoms with Crippen molar-refractivity contribution in [1.29, 1.82) is 0 Å². The summed E-state index contributed by atoms with van der Waals surface area (Å²) in [6, 6.07) is 0. The van der Waals surface area contributed by atoms with Gasteiger partial charge in [-0.25, -0.2) is 0 Å². The molecule has 2 atom stereocenters. The van der Waals surface area contributed by atoms with Crippen molar-refractivity contribution in [3.05, 3.63) is 0 Å². The van der Waals surface area contributed by atoms with Gasteiger partial charge in [0.15, 0.2) is 6.10 Å². The summed E-state index contributed by atoms with van der Waals surface area (Å²) in [5.41, 5.74) is 0. The number of hydrogen-bond acceptors (Lipinski definition) is 6. The molecule has 0 aromatic heterocycles. The highest BCUT2D eigenvalue weighted by atomic mass is 16.6. The Morgan fingerprint density at radius 3 is 0.852 bits per heavy atom. The highest BCUT2D eigenvalue weighted by molar-refractivity contribution is 5.71. The van der Waals surface area contributed by atoms with Crippen molar-refractivity contribution in [3.8, 4) is 0 Å². The normalized spacial score (nSPS) is 12.6. The number of carbonyl (C=O) groups is 3. The fourth-order valence-electron chi connectivity index (χ4n) is 8.26. The van der Waals surface area contributed by atoms with Crippen LogP contribution in [0.2, 0.25) is 0 Å². The number of carbonyl (C=O) groups excluding carboxylic acids is 3. The van der Waals surface area contributed by atoms with Gasteiger partial charge in [-0.15, -0.1) is 0 Å². The highest BCUT2D eigenvalue weighted by Crippen LogP contribution is 2.18. The van der Waals surface area contributed by atoms with E-state index in [1.807, 2.05) is 0 Å². The zero-order valence-corrected chi connectivity index (χ0v) is 42.0. The molecule has 0 aliphatic carbocycles. The van der Waals surface area contributed by atoms with Crippen LogP contribution in [-0.4, -0.2) is 37.2 Å². The van der Waals surface area contributed by atoms with Crippen LogP contribution in [0.15, 0.2) is 0 Å². The van der Waals surface area contributed by atoms with Crippen LogP contribution in [0.3, 0.4) is 0 Å². The molecule has 61 heavy (non-hydrogen) atoms. The fraction of sp³-hybridized carbons (Fsp3) is 0.945. The van der Waals surface area contributed by atoms with Crippen LogP contribution in [0.25, 0.3) is 0 Å². The number of unbranched alkanes of at least 4 members (excludes halogenated alkanes) is 30. The lowest BCUT2D eigenvalue weighted by Gasteiger charge is -2.18. The third kappa shape index (κ3) is 47.7. The predicted molar refractivity (Wildman–Crippen MR) is 261 cm³/mol. The minimum Gasteiger partial charge on any atom is -0.462 e. The third-order valence-corrected chi connectivity index (χ3v) is 12.8. The molecule has 6 heteroatoms.